The van der Waals surface area contributed by atoms with E-state index in [1.807, 2.05) is 0 Å². The predicted molar refractivity (Wildman–Crippen MR) is 71.1 cm³/mol. The van der Waals surface area contributed by atoms with Crippen LogP contribution in [0.5, 0.6) is 0 Å². The lowest BCUT2D eigenvalue weighted by atomic mass is 10.2. The maximum Gasteiger partial charge on any atom is 0.308 e. The molecule has 0 saturated heterocycles. The number of rotatable bonds is 6. The van der Waals surface area contributed by atoms with Gasteiger partial charge in [0.1, 0.15) is 0 Å². The molecule has 104 valence electrons. The number of nitrogens with zero attached hydrogens (tertiary/aromatic N) is 1. The molecule has 0 bridgehead atoms. The number of hydrogen-bond donors (Lipinski definition) is 2. The Kier molecular flexibility index (Phi) is 5.50. The van der Waals surface area contributed by atoms with Crippen molar-refractivity contribution in [3.63, 3.8) is 0 Å². The van der Waals surface area contributed by atoms with Crippen molar-refractivity contribution < 1.29 is 19.5 Å². The molecular formula is C12H16N2O4S. The zero-order valence-corrected chi connectivity index (χ0v) is 11.6. The summed E-state index contributed by atoms with van der Waals surface area (Å²) < 4.78 is 0. The largest absolute Gasteiger partial charge is 0.481 e. The van der Waals surface area contributed by atoms with E-state index in [2.05, 4.69) is 5.32 Å². The molecular weight excluding hydrogens is 268 g/mol. The van der Waals surface area contributed by atoms with Crippen LogP contribution in [0.4, 0.5) is 0 Å². The van der Waals surface area contributed by atoms with Crippen LogP contribution in [0, 0.1) is 5.92 Å². The number of hydrogen-bond acceptors (Lipinski definition) is 4. The SMILES string of the molecule is CC(CNC(=O)CN(C)C(=O)c1cccs1)C(=O)O. The van der Waals surface area contributed by atoms with Crippen LogP contribution >= 0.6 is 11.3 Å². The Labute approximate surface area is 115 Å². The quantitative estimate of drug-likeness (QED) is 0.803. The van der Waals surface area contributed by atoms with Gasteiger partial charge in [-0.05, 0) is 11.4 Å². The second-order valence-corrected chi connectivity index (χ2v) is 5.13. The van der Waals surface area contributed by atoms with E-state index in [4.69, 9.17) is 5.11 Å². The fourth-order valence-corrected chi connectivity index (χ4v) is 2.00. The standard InChI is InChI=1S/C12H16N2O4S/c1-8(12(17)18)6-13-10(15)7-14(2)11(16)9-4-3-5-19-9/h3-5,8H,6-7H2,1-2H3,(H,13,15)(H,17,18). The van der Waals surface area contributed by atoms with E-state index in [0.717, 1.165) is 0 Å². The average Bonchev–Trinajstić information content (AvgIpc) is 2.88. The first-order valence-electron chi connectivity index (χ1n) is 5.70. The number of carbonyl (C=O) groups is 3. The molecule has 0 aliphatic rings. The summed E-state index contributed by atoms with van der Waals surface area (Å²) in [5.74, 6) is -2.22. The monoisotopic (exact) mass is 284 g/mol. The zero-order chi connectivity index (χ0) is 14.4. The number of carboxylic acids is 1. The highest BCUT2D eigenvalue weighted by molar-refractivity contribution is 7.12. The number of likely N-dealkylation sites (N-methyl/N-ethyl adjacent to an activating group) is 1. The van der Waals surface area contributed by atoms with Crippen molar-refractivity contribution in [3.8, 4) is 0 Å². The number of amides is 2. The number of thiophene rings is 1. The van der Waals surface area contributed by atoms with Gasteiger partial charge in [-0.25, -0.2) is 0 Å². The Balaban J connectivity index is 2.40. The lowest BCUT2D eigenvalue weighted by Crippen LogP contribution is -2.40. The summed E-state index contributed by atoms with van der Waals surface area (Å²) in [5.41, 5.74) is 0. The summed E-state index contributed by atoms with van der Waals surface area (Å²) >= 11 is 1.31. The fraction of sp³-hybridized carbons (Fsp3) is 0.417. The highest BCUT2D eigenvalue weighted by atomic mass is 32.1. The lowest BCUT2D eigenvalue weighted by molar-refractivity contribution is -0.141. The smallest absolute Gasteiger partial charge is 0.308 e. The zero-order valence-electron chi connectivity index (χ0n) is 10.8. The number of aliphatic carboxylic acids is 1. The molecule has 19 heavy (non-hydrogen) atoms. The highest BCUT2D eigenvalue weighted by Crippen LogP contribution is 2.10. The molecule has 0 aromatic carbocycles. The number of carbonyl (C=O) groups excluding carboxylic acids is 2. The predicted octanol–water partition coefficient (Wildman–Crippen LogP) is 0.657. The van der Waals surface area contributed by atoms with Gasteiger partial charge in [0.2, 0.25) is 5.91 Å². The van der Waals surface area contributed by atoms with E-state index in [0.29, 0.717) is 4.88 Å². The van der Waals surface area contributed by atoms with Crippen LogP contribution in [0.1, 0.15) is 16.6 Å². The van der Waals surface area contributed by atoms with Gasteiger partial charge in [-0.1, -0.05) is 13.0 Å². The summed E-state index contributed by atoms with van der Waals surface area (Å²) in [6.07, 6.45) is 0. The Bertz CT molecular complexity index is 458. The van der Waals surface area contributed by atoms with Crippen LogP contribution in [-0.4, -0.2) is 47.9 Å². The Morgan fingerprint density at radius 1 is 1.47 bits per heavy atom. The van der Waals surface area contributed by atoms with Gasteiger partial charge in [0.05, 0.1) is 17.3 Å². The molecule has 0 aliphatic heterocycles. The number of nitrogens with one attached hydrogen (secondary N) is 1. The molecule has 2 N–H and O–H groups in total. The van der Waals surface area contributed by atoms with Crippen LogP contribution in [-0.2, 0) is 9.59 Å². The minimum absolute atomic E-state index is 0.0508. The van der Waals surface area contributed by atoms with Crippen molar-refractivity contribution in [2.75, 3.05) is 20.1 Å². The van der Waals surface area contributed by atoms with E-state index >= 15 is 0 Å². The second-order valence-electron chi connectivity index (χ2n) is 4.18. The van der Waals surface area contributed by atoms with Gasteiger partial charge in [0, 0.05) is 13.6 Å². The first-order chi connectivity index (χ1) is 8.91. The Morgan fingerprint density at radius 2 is 2.16 bits per heavy atom. The van der Waals surface area contributed by atoms with Gasteiger partial charge in [0.15, 0.2) is 0 Å². The normalized spacial score (nSPS) is 11.7. The van der Waals surface area contributed by atoms with Crippen LogP contribution in [0.15, 0.2) is 17.5 Å². The molecule has 2 amide bonds. The lowest BCUT2D eigenvalue weighted by Gasteiger charge is -2.16. The Hall–Kier alpha value is -1.89. The molecule has 1 atom stereocenters. The van der Waals surface area contributed by atoms with Crippen LogP contribution < -0.4 is 5.32 Å². The molecule has 1 unspecified atom stereocenters. The minimum atomic E-state index is -0.969. The van der Waals surface area contributed by atoms with Crippen molar-refractivity contribution in [2.45, 2.75) is 6.92 Å². The third-order valence-corrected chi connectivity index (χ3v) is 3.34. The van der Waals surface area contributed by atoms with Crippen LogP contribution in [0.2, 0.25) is 0 Å². The molecule has 7 heteroatoms. The fourth-order valence-electron chi connectivity index (χ4n) is 1.29. The summed E-state index contributed by atoms with van der Waals surface area (Å²) in [7, 11) is 1.53. The van der Waals surface area contributed by atoms with Crippen molar-refractivity contribution in [1.29, 1.82) is 0 Å². The molecule has 0 aliphatic carbocycles. The van der Waals surface area contributed by atoms with Gasteiger partial charge in [0.25, 0.3) is 5.91 Å². The third-order valence-electron chi connectivity index (χ3n) is 2.49. The molecule has 0 saturated carbocycles. The van der Waals surface area contributed by atoms with E-state index in [9.17, 15) is 14.4 Å². The molecule has 6 nitrogen and oxygen atoms in total. The van der Waals surface area contributed by atoms with E-state index in [1.54, 1.807) is 17.5 Å². The minimum Gasteiger partial charge on any atom is -0.481 e. The van der Waals surface area contributed by atoms with Gasteiger partial charge in [-0.15, -0.1) is 11.3 Å². The molecule has 1 heterocycles. The maximum absolute atomic E-state index is 11.8. The van der Waals surface area contributed by atoms with E-state index < -0.39 is 11.9 Å². The summed E-state index contributed by atoms with van der Waals surface area (Å²) in [6, 6.07) is 3.45. The van der Waals surface area contributed by atoms with Crippen molar-refractivity contribution in [2.24, 2.45) is 5.92 Å². The van der Waals surface area contributed by atoms with Gasteiger partial charge >= 0.3 is 5.97 Å². The Morgan fingerprint density at radius 3 is 2.68 bits per heavy atom. The van der Waals surface area contributed by atoms with Gasteiger partial charge in [-0.3, -0.25) is 14.4 Å². The molecule has 0 fully saturated rings. The van der Waals surface area contributed by atoms with Crippen molar-refractivity contribution in [1.82, 2.24) is 10.2 Å². The maximum atomic E-state index is 11.8. The van der Waals surface area contributed by atoms with Crippen molar-refractivity contribution in [3.05, 3.63) is 22.4 Å². The van der Waals surface area contributed by atoms with Crippen molar-refractivity contribution >= 4 is 29.1 Å². The van der Waals surface area contributed by atoms with E-state index in [1.165, 1.54) is 30.2 Å². The second kappa shape index (κ2) is 6.89. The average molecular weight is 284 g/mol. The van der Waals surface area contributed by atoms with Gasteiger partial charge < -0.3 is 15.3 Å². The summed E-state index contributed by atoms with van der Waals surface area (Å²) in [4.78, 5) is 35.9. The highest BCUT2D eigenvalue weighted by Gasteiger charge is 2.17. The summed E-state index contributed by atoms with van der Waals surface area (Å²) in [6.45, 7) is 1.46. The topological polar surface area (TPSA) is 86.7 Å². The van der Waals surface area contributed by atoms with Crippen LogP contribution in [0.25, 0.3) is 0 Å². The molecule has 1 aromatic heterocycles. The number of carboxylic acid groups (broad SMARTS) is 1. The summed E-state index contributed by atoms with van der Waals surface area (Å²) in [5, 5.41) is 12.9. The third kappa shape index (κ3) is 4.70. The van der Waals surface area contributed by atoms with E-state index in [-0.39, 0.29) is 24.9 Å². The molecule has 0 spiro atoms. The first kappa shape index (κ1) is 15.2. The molecule has 1 aromatic rings. The molecule has 0 radical (unpaired) electrons. The van der Waals surface area contributed by atoms with Gasteiger partial charge in [-0.2, -0.15) is 0 Å². The molecule has 1 rings (SSSR count). The van der Waals surface area contributed by atoms with Crippen LogP contribution in [0.3, 0.4) is 0 Å². The first-order valence-corrected chi connectivity index (χ1v) is 6.58.